The van der Waals surface area contributed by atoms with Gasteiger partial charge in [-0.1, -0.05) is 29.6 Å². The first-order chi connectivity index (χ1) is 9.88. The van der Waals surface area contributed by atoms with E-state index in [1.807, 2.05) is 0 Å². The molecule has 1 amide bonds. The Balaban J connectivity index is 2.11. The Kier molecular flexibility index (Phi) is 4.85. The summed E-state index contributed by atoms with van der Waals surface area (Å²) >= 11 is 11.5. The summed E-state index contributed by atoms with van der Waals surface area (Å²) in [6.07, 6.45) is 2.39. The van der Waals surface area contributed by atoms with Crippen LogP contribution in [-0.2, 0) is 9.59 Å². The molecule has 1 aromatic carbocycles. The lowest BCUT2D eigenvalue weighted by molar-refractivity contribution is -0.143. The summed E-state index contributed by atoms with van der Waals surface area (Å²) in [5.41, 5.74) is 0.0303. The van der Waals surface area contributed by atoms with Gasteiger partial charge in [0.1, 0.15) is 6.04 Å². The van der Waals surface area contributed by atoms with Gasteiger partial charge in [0.25, 0.3) is 5.91 Å². The van der Waals surface area contributed by atoms with Crippen molar-refractivity contribution in [2.24, 2.45) is 5.92 Å². The average Bonchev–Trinajstić information content (AvgIpc) is 2.33. The Morgan fingerprint density at radius 3 is 2.14 bits per heavy atom. The number of Topliss-reactive ketones (excluding diaryl/α,β-unsaturated/α-hetero) is 1. The van der Waals surface area contributed by atoms with Crippen molar-refractivity contribution in [1.82, 2.24) is 5.32 Å². The molecule has 1 saturated carbocycles. The monoisotopic (exact) mass is 329 g/mol. The molecule has 0 aliphatic heterocycles. The molecule has 2 N–H and O–H groups in total. The summed E-state index contributed by atoms with van der Waals surface area (Å²) < 4.78 is 0. The molecule has 0 spiro atoms. The van der Waals surface area contributed by atoms with Crippen LogP contribution >= 0.6 is 23.2 Å². The highest BCUT2D eigenvalue weighted by atomic mass is 35.5. The maximum Gasteiger partial charge on any atom is 0.326 e. The molecule has 1 fully saturated rings. The highest BCUT2D eigenvalue weighted by molar-refractivity contribution is 6.44. The third-order valence-corrected chi connectivity index (χ3v) is 3.94. The summed E-state index contributed by atoms with van der Waals surface area (Å²) in [6, 6.07) is 3.03. The number of carboxylic acid groups (broad SMARTS) is 1. The summed E-state index contributed by atoms with van der Waals surface area (Å²) in [4.78, 5) is 35.1. The van der Waals surface area contributed by atoms with Crippen LogP contribution in [0, 0.1) is 5.92 Å². The molecule has 1 atom stereocenters. The van der Waals surface area contributed by atoms with Crippen LogP contribution in [-0.4, -0.2) is 28.8 Å². The molecule has 0 radical (unpaired) electrons. The van der Waals surface area contributed by atoms with Crippen LogP contribution in [0.4, 0.5) is 0 Å². The number of amides is 1. The molecule has 2 rings (SSSR count). The number of aliphatic carboxylic acids is 1. The van der Waals surface area contributed by atoms with E-state index in [2.05, 4.69) is 5.32 Å². The second kappa shape index (κ2) is 6.45. The van der Waals surface area contributed by atoms with Crippen LogP contribution in [0.2, 0.25) is 10.0 Å². The number of hydrogen-bond donors (Lipinski definition) is 2. The Hall–Kier alpha value is -1.59. The molecule has 21 heavy (non-hydrogen) atoms. The van der Waals surface area contributed by atoms with E-state index in [0.717, 1.165) is 19.3 Å². The molecule has 0 saturated heterocycles. The molecule has 1 aliphatic rings. The minimum atomic E-state index is -1.13. The SMILES string of the molecule is O=C(NC(C(=O)O)C1CCC1)C(=O)c1cc(Cl)cc(Cl)c1. The van der Waals surface area contributed by atoms with E-state index in [1.54, 1.807) is 0 Å². The van der Waals surface area contributed by atoms with Gasteiger partial charge in [0.15, 0.2) is 0 Å². The Morgan fingerprint density at radius 1 is 1.14 bits per heavy atom. The van der Waals surface area contributed by atoms with E-state index in [9.17, 15) is 14.4 Å². The zero-order valence-electron chi connectivity index (χ0n) is 10.9. The number of nitrogens with one attached hydrogen (secondary N) is 1. The van der Waals surface area contributed by atoms with E-state index in [-0.39, 0.29) is 21.5 Å². The van der Waals surface area contributed by atoms with Gasteiger partial charge >= 0.3 is 5.97 Å². The third kappa shape index (κ3) is 3.74. The molecule has 5 nitrogen and oxygen atoms in total. The van der Waals surface area contributed by atoms with Crippen molar-refractivity contribution in [2.45, 2.75) is 25.3 Å². The summed E-state index contributed by atoms with van der Waals surface area (Å²) in [5.74, 6) is -3.08. The van der Waals surface area contributed by atoms with Crippen molar-refractivity contribution in [3.05, 3.63) is 33.8 Å². The van der Waals surface area contributed by atoms with Gasteiger partial charge in [-0.25, -0.2) is 4.79 Å². The van der Waals surface area contributed by atoms with Crippen molar-refractivity contribution in [2.75, 3.05) is 0 Å². The fraction of sp³-hybridized carbons (Fsp3) is 0.357. The van der Waals surface area contributed by atoms with Gasteiger partial charge in [-0.3, -0.25) is 9.59 Å². The molecular formula is C14H13Cl2NO4. The number of benzene rings is 1. The number of ketones is 1. The van der Waals surface area contributed by atoms with E-state index < -0.39 is 23.7 Å². The Morgan fingerprint density at radius 2 is 1.71 bits per heavy atom. The zero-order valence-corrected chi connectivity index (χ0v) is 12.4. The van der Waals surface area contributed by atoms with E-state index in [4.69, 9.17) is 28.3 Å². The molecular weight excluding hydrogens is 317 g/mol. The highest BCUT2D eigenvalue weighted by Crippen LogP contribution is 2.29. The second-order valence-electron chi connectivity index (χ2n) is 4.97. The highest BCUT2D eigenvalue weighted by Gasteiger charge is 2.35. The fourth-order valence-electron chi connectivity index (χ4n) is 2.18. The molecule has 1 aliphatic carbocycles. The van der Waals surface area contributed by atoms with Crippen LogP contribution in [0.1, 0.15) is 29.6 Å². The summed E-state index contributed by atoms with van der Waals surface area (Å²) in [5, 5.41) is 11.9. The van der Waals surface area contributed by atoms with Crippen LogP contribution in [0.25, 0.3) is 0 Å². The second-order valence-corrected chi connectivity index (χ2v) is 5.84. The van der Waals surface area contributed by atoms with Crippen LogP contribution < -0.4 is 5.32 Å². The number of rotatable bonds is 5. The van der Waals surface area contributed by atoms with Crippen molar-refractivity contribution < 1.29 is 19.5 Å². The number of hydrogen-bond acceptors (Lipinski definition) is 3. The van der Waals surface area contributed by atoms with Gasteiger partial charge in [0, 0.05) is 15.6 Å². The van der Waals surface area contributed by atoms with Gasteiger partial charge in [-0.2, -0.15) is 0 Å². The maximum absolute atomic E-state index is 12.0. The minimum Gasteiger partial charge on any atom is -0.480 e. The van der Waals surface area contributed by atoms with Crippen LogP contribution in [0.5, 0.6) is 0 Å². The Bertz CT molecular complexity index is 578. The number of halogens is 2. The lowest BCUT2D eigenvalue weighted by Gasteiger charge is -2.31. The van der Waals surface area contributed by atoms with Crippen LogP contribution in [0.3, 0.4) is 0 Å². The summed E-state index contributed by atoms with van der Waals surface area (Å²) in [6.45, 7) is 0. The van der Waals surface area contributed by atoms with Gasteiger partial charge < -0.3 is 10.4 Å². The molecule has 1 aromatic rings. The standard InChI is InChI=1S/C14H13Cl2NO4/c15-9-4-8(5-10(16)6-9)12(18)13(19)17-11(14(20)21)7-2-1-3-7/h4-7,11H,1-3H2,(H,17,19)(H,20,21). The first kappa shape index (κ1) is 15.8. The van der Waals surface area contributed by atoms with Crippen molar-refractivity contribution in [1.29, 1.82) is 0 Å². The van der Waals surface area contributed by atoms with Crippen LogP contribution in [0.15, 0.2) is 18.2 Å². The molecule has 0 bridgehead atoms. The zero-order chi connectivity index (χ0) is 15.6. The normalized spacial score (nSPS) is 15.9. The van der Waals surface area contributed by atoms with Gasteiger partial charge in [-0.15, -0.1) is 0 Å². The van der Waals surface area contributed by atoms with Crippen molar-refractivity contribution in [3.63, 3.8) is 0 Å². The molecule has 1 unspecified atom stereocenters. The van der Waals surface area contributed by atoms with Crippen molar-refractivity contribution >= 4 is 40.9 Å². The third-order valence-electron chi connectivity index (χ3n) is 3.50. The van der Waals surface area contributed by atoms with E-state index in [0.29, 0.717) is 0 Å². The van der Waals surface area contributed by atoms with E-state index >= 15 is 0 Å². The average molecular weight is 330 g/mol. The smallest absolute Gasteiger partial charge is 0.326 e. The topological polar surface area (TPSA) is 83.5 Å². The number of carbonyl (C=O) groups is 3. The quantitative estimate of drug-likeness (QED) is 0.642. The number of carbonyl (C=O) groups excluding carboxylic acids is 2. The van der Waals surface area contributed by atoms with Gasteiger partial charge in [-0.05, 0) is 37.0 Å². The Labute approximate surface area is 131 Å². The lowest BCUT2D eigenvalue weighted by Crippen LogP contribution is -2.50. The maximum atomic E-state index is 12.0. The van der Waals surface area contributed by atoms with E-state index in [1.165, 1.54) is 18.2 Å². The van der Waals surface area contributed by atoms with Gasteiger partial charge in [0.2, 0.25) is 5.78 Å². The van der Waals surface area contributed by atoms with Gasteiger partial charge in [0.05, 0.1) is 0 Å². The largest absolute Gasteiger partial charge is 0.480 e. The molecule has 0 aromatic heterocycles. The van der Waals surface area contributed by atoms with Crippen molar-refractivity contribution in [3.8, 4) is 0 Å². The molecule has 0 heterocycles. The lowest BCUT2D eigenvalue weighted by atomic mass is 9.79. The molecule has 112 valence electrons. The first-order valence-electron chi connectivity index (χ1n) is 6.42. The minimum absolute atomic E-state index is 0.0303. The fourth-order valence-corrected chi connectivity index (χ4v) is 2.70. The predicted molar refractivity (Wildman–Crippen MR) is 77.7 cm³/mol. The molecule has 7 heteroatoms. The first-order valence-corrected chi connectivity index (χ1v) is 7.18. The predicted octanol–water partition coefficient (Wildman–Crippen LogP) is 2.55. The summed E-state index contributed by atoms with van der Waals surface area (Å²) in [7, 11) is 0. The number of carboxylic acids is 1.